The maximum atomic E-state index is 13.5. The van der Waals surface area contributed by atoms with E-state index in [1.807, 2.05) is 0 Å². The molecule has 35 heavy (non-hydrogen) atoms. The molecular weight excluding hydrogens is 451 g/mol. The summed E-state index contributed by atoms with van der Waals surface area (Å²) in [5, 5.41) is 0. The van der Waals surface area contributed by atoms with Gasteiger partial charge in [-0.1, -0.05) is 0 Å². The first-order chi connectivity index (χ1) is 16.8. The molecule has 8 nitrogen and oxygen atoms in total. The Hall–Kier alpha value is -4.53. The number of hydrogen-bond acceptors (Lipinski definition) is 5. The second kappa shape index (κ2) is 8.35. The van der Waals surface area contributed by atoms with Gasteiger partial charge in [-0.2, -0.15) is 0 Å². The molecule has 0 spiro atoms. The van der Waals surface area contributed by atoms with Crippen molar-refractivity contribution in [3.63, 3.8) is 0 Å². The number of carbonyl (C=O) groups excluding carboxylic acids is 3. The van der Waals surface area contributed by atoms with Gasteiger partial charge in [-0.3, -0.25) is 23.7 Å². The minimum Gasteiger partial charge on any atom is -0.497 e. The van der Waals surface area contributed by atoms with E-state index < -0.39 is 23.0 Å². The van der Waals surface area contributed by atoms with Crippen molar-refractivity contribution in [2.24, 2.45) is 11.1 Å². The first-order valence-electron chi connectivity index (χ1n) is 10.9. The van der Waals surface area contributed by atoms with Crippen molar-refractivity contribution >= 4 is 34.6 Å². The number of amides is 2. The summed E-state index contributed by atoms with van der Waals surface area (Å²) in [4.78, 5) is 44.2. The first-order valence-corrected chi connectivity index (χ1v) is 10.9. The summed E-state index contributed by atoms with van der Waals surface area (Å²) in [6, 6.07) is 15.2. The standard InChI is InChI=1S/C26H21FN4O4/c1-35-20-10-13-30-21(15-29-22(30)14-20)23(32)16-2-6-18(7-3-16)31(19-8-4-17(27)5-9-19)25(34)26(11-12-26)24(28)33/h2-10,13-15H,11-12H2,1H3,(H2,28,33). The molecule has 1 aliphatic rings. The van der Waals surface area contributed by atoms with E-state index in [0.29, 0.717) is 46.9 Å². The van der Waals surface area contributed by atoms with Gasteiger partial charge in [0.2, 0.25) is 17.6 Å². The Morgan fingerprint density at radius 3 is 2.23 bits per heavy atom. The maximum absolute atomic E-state index is 13.5. The van der Waals surface area contributed by atoms with Crippen LogP contribution in [0.15, 0.2) is 73.1 Å². The van der Waals surface area contributed by atoms with Crippen molar-refractivity contribution < 1.29 is 23.5 Å². The third-order valence-electron chi connectivity index (χ3n) is 6.26. The van der Waals surface area contributed by atoms with Gasteiger partial charge >= 0.3 is 0 Å². The van der Waals surface area contributed by atoms with Crippen molar-refractivity contribution in [3.05, 3.63) is 90.1 Å². The normalized spacial score (nSPS) is 13.9. The second-order valence-electron chi connectivity index (χ2n) is 8.38. The van der Waals surface area contributed by atoms with Crippen LogP contribution in [0.1, 0.15) is 28.9 Å². The molecule has 2 aromatic carbocycles. The van der Waals surface area contributed by atoms with Crippen LogP contribution >= 0.6 is 0 Å². The van der Waals surface area contributed by atoms with Crippen LogP contribution < -0.4 is 15.4 Å². The molecule has 5 rings (SSSR count). The van der Waals surface area contributed by atoms with Crippen molar-refractivity contribution in [2.45, 2.75) is 12.8 Å². The summed E-state index contributed by atoms with van der Waals surface area (Å²) < 4.78 is 20.4. The second-order valence-corrected chi connectivity index (χ2v) is 8.38. The fraction of sp³-hybridized carbons (Fsp3) is 0.154. The minimum absolute atomic E-state index is 0.260. The van der Waals surface area contributed by atoms with Gasteiger partial charge in [0.25, 0.3) is 0 Å². The van der Waals surface area contributed by atoms with E-state index in [9.17, 15) is 18.8 Å². The zero-order valence-corrected chi connectivity index (χ0v) is 18.8. The molecule has 9 heteroatoms. The van der Waals surface area contributed by atoms with Gasteiger partial charge in [-0.05, 0) is 67.4 Å². The number of pyridine rings is 1. The number of ether oxygens (including phenoxy) is 1. The zero-order chi connectivity index (χ0) is 24.7. The number of nitrogens with two attached hydrogens (primary N) is 1. The number of nitrogens with zero attached hydrogens (tertiary/aromatic N) is 3. The smallest absolute Gasteiger partial charge is 0.247 e. The number of benzene rings is 2. The molecule has 0 radical (unpaired) electrons. The molecule has 2 N–H and O–H groups in total. The zero-order valence-electron chi connectivity index (χ0n) is 18.8. The summed E-state index contributed by atoms with van der Waals surface area (Å²) in [5.74, 6) is -1.26. The van der Waals surface area contributed by atoms with Crippen LogP contribution in [-0.4, -0.2) is 34.1 Å². The number of methoxy groups -OCH3 is 1. The van der Waals surface area contributed by atoms with Crippen LogP contribution in [0.5, 0.6) is 5.75 Å². The van der Waals surface area contributed by atoms with E-state index in [1.54, 1.807) is 54.1 Å². The highest BCUT2D eigenvalue weighted by molar-refractivity contribution is 6.16. The number of carbonyl (C=O) groups is 3. The number of rotatable bonds is 7. The Bertz CT molecular complexity index is 1460. The van der Waals surface area contributed by atoms with Crippen molar-refractivity contribution in [2.75, 3.05) is 12.0 Å². The van der Waals surface area contributed by atoms with E-state index in [4.69, 9.17) is 10.5 Å². The Balaban J connectivity index is 1.49. The van der Waals surface area contributed by atoms with Crippen LogP contribution in [-0.2, 0) is 9.59 Å². The van der Waals surface area contributed by atoms with Crippen LogP contribution in [0.2, 0.25) is 0 Å². The largest absolute Gasteiger partial charge is 0.497 e. The van der Waals surface area contributed by atoms with Crippen molar-refractivity contribution in [3.8, 4) is 5.75 Å². The quantitative estimate of drug-likeness (QED) is 0.326. The number of imidazole rings is 1. The van der Waals surface area contributed by atoms with Gasteiger partial charge in [0, 0.05) is 29.2 Å². The molecule has 2 aromatic heterocycles. The van der Waals surface area contributed by atoms with E-state index >= 15 is 0 Å². The lowest BCUT2D eigenvalue weighted by Crippen LogP contribution is -2.41. The number of aromatic nitrogens is 2. The topological polar surface area (TPSA) is 107 Å². The van der Waals surface area contributed by atoms with Crippen molar-refractivity contribution in [1.82, 2.24) is 9.38 Å². The lowest BCUT2D eigenvalue weighted by Gasteiger charge is -2.26. The van der Waals surface area contributed by atoms with Gasteiger partial charge in [-0.15, -0.1) is 0 Å². The molecule has 176 valence electrons. The molecule has 0 unspecified atom stereocenters. The molecule has 0 saturated heterocycles. The third-order valence-corrected chi connectivity index (χ3v) is 6.26. The van der Waals surface area contributed by atoms with Gasteiger partial charge in [0.15, 0.2) is 0 Å². The van der Waals surface area contributed by atoms with E-state index in [1.165, 1.54) is 35.4 Å². The molecule has 4 aromatic rings. The molecule has 2 amide bonds. The fourth-order valence-electron chi connectivity index (χ4n) is 4.05. The molecule has 0 bridgehead atoms. The predicted octanol–water partition coefficient (Wildman–Crippen LogP) is 3.64. The highest BCUT2D eigenvalue weighted by atomic mass is 19.1. The summed E-state index contributed by atoms with van der Waals surface area (Å²) in [7, 11) is 1.55. The number of ketones is 1. The van der Waals surface area contributed by atoms with E-state index in [2.05, 4.69) is 4.98 Å². The Kier molecular flexibility index (Phi) is 5.32. The summed E-state index contributed by atoms with van der Waals surface area (Å²) in [6.45, 7) is 0. The SMILES string of the molecule is COc1ccn2c(C(=O)c3ccc(N(C(=O)C4(C(N)=O)CC4)c4ccc(F)cc4)cc3)cnc2c1. The lowest BCUT2D eigenvalue weighted by molar-refractivity contribution is -0.133. The number of halogens is 1. The average Bonchev–Trinajstić information content (AvgIpc) is 3.59. The summed E-state index contributed by atoms with van der Waals surface area (Å²) in [6.07, 6.45) is 3.91. The molecule has 1 fully saturated rings. The average molecular weight is 472 g/mol. The Morgan fingerprint density at radius 1 is 1.03 bits per heavy atom. The fourth-order valence-corrected chi connectivity index (χ4v) is 4.05. The van der Waals surface area contributed by atoms with Gasteiger partial charge in [0.05, 0.1) is 13.3 Å². The van der Waals surface area contributed by atoms with Crippen LogP contribution in [0.4, 0.5) is 15.8 Å². The van der Waals surface area contributed by atoms with Gasteiger partial charge in [-0.25, -0.2) is 9.37 Å². The summed E-state index contributed by atoms with van der Waals surface area (Å²) >= 11 is 0. The highest BCUT2D eigenvalue weighted by Gasteiger charge is 2.57. The lowest BCUT2D eigenvalue weighted by atomic mass is 10.0. The monoisotopic (exact) mass is 472 g/mol. The van der Waals surface area contributed by atoms with Crippen LogP contribution in [0.25, 0.3) is 5.65 Å². The first kappa shape index (κ1) is 22.3. The van der Waals surface area contributed by atoms with Gasteiger partial charge < -0.3 is 10.5 Å². The molecule has 0 atom stereocenters. The van der Waals surface area contributed by atoms with Crippen molar-refractivity contribution in [1.29, 1.82) is 0 Å². The number of anilines is 2. The van der Waals surface area contributed by atoms with Gasteiger partial charge in [0.1, 0.15) is 28.3 Å². The predicted molar refractivity (Wildman–Crippen MR) is 126 cm³/mol. The molecule has 1 aliphatic carbocycles. The van der Waals surface area contributed by atoms with Crippen LogP contribution in [0, 0.1) is 11.2 Å². The number of primary amides is 1. The molecule has 0 aliphatic heterocycles. The maximum Gasteiger partial charge on any atom is 0.247 e. The third kappa shape index (κ3) is 3.80. The highest BCUT2D eigenvalue weighted by Crippen LogP contribution is 2.49. The summed E-state index contributed by atoms with van der Waals surface area (Å²) in [5.41, 5.74) is 6.38. The van der Waals surface area contributed by atoms with Crippen LogP contribution in [0.3, 0.4) is 0 Å². The molecule has 1 saturated carbocycles. The Labute approximate surface area is 199 Å². The number of fused-ring (bicyclic) bond motifs is 1. The minimum atomic E-state index is -1.28. The Morgan fingerprint density at radius 2 is 1.66 bits per heavy atom. The molecule has 2 heterocycles. The van der Waals surface area contributed by atoms with E-state index in [0.717, 1.165) is 0 Å². The van der Waals surface area contributed by atoms with E-state index in [-0.39, 0.29) is 5.78 Å². The number of hydrogen-bond donors (Lipinski definition) is 1. The molecular formula is C26H21FN4O4.